The predicted octanol–water partition coefficient (Wildman–Crippen LogP) is 1.84. The molecule has 0 aliphatic rings. The fourth-order valence-electron chi connectivity index (χ4n) is 1.31. The first-order chi connectivity index (χ1) is 7.75. The number of pyridine rings is 1. The second-order valence-corrected chi connectivity index (χ2v) is 3.10. The van der Waals surface area contributed by atoms with Crippen molar-refractivity contribution in [3.05, 3.63) is 42.1 Å². The number of rotatable bonds is 2. The predicted molar refractivity (Wildman–Crippen MR) is 60.5 cm³/mol. The highest BCUT2D eigenvalue weighted by Crippen LogP contribution is 2.10. The molecule has 0 aliphatic heterocycles. The molecular weight excluding hydrogens is 206 g/mol. The summed E-state index contributed by atoms with van der Waals surface area (Å²) in [5, 5.41) is 12.9. The number of hydrazone groups is 1. The average Bonchev–Trinajstić information content (AvgIpc) is 2.28. The molecule has 2 rings (SSSR count). The van der Waals surface area contributed by atoms with Crippen LogP contribution in [0.4, 0.5) is 4.79 Å². The zero-order chi connectivity index (χ0) is 11.4. The van der Waals surface area contributed by atoms with Gasteiger partial charge in [-0.05, 0) is 12.1 Å². The van der Waals surface area contributed by atoms with E-state index in [4.69, 9.17) is 5.11 Å². The van der Waals surface area contributed by atoms with Gasteiger partial charge in [0.05, 0.1) is 17.4 Å². The van der Waals surface area contributed by atoms with Crippen molar-refractivity contribution in [2.45, 2.75) is 0 Å². The van der Waals surface area contributed by atoms with Gasteiger partial charge in [0.15, 0.2) is 0 Å². The molecule has 16 heavy (non-hydrogen) atoms. The number of carbonyl (C=O) groups is 1. The van der Waals surface area contributed by atoms with E-state index in [-0.39, 0.29) is 0 Å². The van der Waals surface area contributed by atoms with Gasteiger partial charge in [-0.1, -0.05) is 24.3 Å². The fraction of sp³-hybridized carbons (Fsp3) is 0. The molecule has 5 nitrogen and oxygen atoms in total. The first-order valence-corrected chi connectivity index (χ1v) is 4.63. The van der Waals surface area contributed by atoms with Crippen molar-refractivity contribution in [3.8, 4) is 0 Å². The molecule has 0 atom stereocenters. The lowest BCUT2D eigenvalue weighted by molar-refractivity contribution is 0.195. The van der Waals surface area contributed by atoms with Gasteiger partial charge < -0.3 is 5.11 Å². The Morgan fingerprint density at radius 3 is 2.94 bits per heavy atom. The molecule has 1 aromatic heterocycles. The molecule has 1 aromatic carbocycles. The summed E-state index contributed by atoms with van der Waals surface area (Å²) in [6, 6.07) is 11.4. The molecule has 0 radical (unpaired) electrons. The number of aromatic nitrogens is 1. The molecular formula is C11H9N3O2. The average molecular weight is 215 g/mol. The molecule has 0 bridgehead atoms. The van der Waals surface area contributed by atoms with Crippen LogP contribution in [0.25, 0.3) is 10.9 Å². The number of benzene rings is 1. The fourth-order valence-corrected chi connectivity index (χ4v) is 1.31. The minimum absolute atomic E-state index is 0.604. The van der Waals surface area contributed by atoms with Gasteiger partial charge in [0.25, 0.3) is 0 Å². The highest BCUT2D eigenvalue weighted by molar-refractivity contribution is 5.85. The molecule has 1 amide bonds. The zero-order valence-corrected chi connectivity index (χ0v) is 8.29. The van der Waals surface area contributed by atoms with E-state index in [9.17, 15) is 4.79 Å². The minimum Gasteiger partial charge on any atom is -0.464 e. The van der Waals surface area contributed by atoms with Crippen LogP contribution < -0.4 is 5.43 Å². The van der Waals surface area contributed by atoms with E-state index in [1.165, 1.54) is 6.21 Å². The molecule has 2 N–H and O–H groups in total. The van der Waals surface area contributed by atoms with Crippen molar-refractivity contribution in [3.63, 3.8) is 0 Å². The maximum Gasteiger partial charge on any atom is 0.425 e. The third kappa shape index (κ3) is 2.33. The number of carboxylic acid groups (broad SMARTS) is 1. The van der Waals surface area contributed by atoms with Crippen LogP contribution in [0.5, 0.6) is 0 Å². The Labute approximate surface area is 91.4 Å². The maximum atomic E-state index is 10.2. The van der Waals surface area contributed by atoms with Crippen LogP contribution in [0.3, 0.4) is 0 Å². The van der Waals surface area contributed by atoms with Gasteiger partial charge in [0, 0.05) is 5.39 Å². The van der Waals surface area contributed by atoms with Crippen molar-refractivity contribution in [2.24, 2.45) is 5.10 Å². The number of hydrogen-bond donors (Lipinski definition) is 2. The van der Waals surface area contributed by atoms with Crippen LogP contribution in [0.15, 0.2) is 41.5 Å². The molecule has 0 unspecified atom stereocenters. The molecule has 0 saturated heterocycles. The van der Waals surface area contributed by atoms with Gasteiger partial charge in [0.1, 0.15) is 0 Å². The van der Waals surface area contributed by atoms with Crippen LogP contribution in [-0.2, 0) is 0 Å². The third-order valence-electron chi connectivity index (χ3n) is 1.98. The van der Waals surface area contributed by atoms with Gasteiger partial charge in [-0.15, -0.1) is 0 Å². The number of nitrogens with one attached hydrogen (secondary N) is 1. The summed E-state index contributed by atoms with van der Waals surface area (Å²) in [4.78, 5) is 14.4. The summed E-state index contributed by atoms with van der Waals surface area (Å²) < 4.78 is 0. The largest absolute Gasteiger partial charge is 0.464 e. The topological polar surface area (TPSA) is 74.6 Å². The molecule has 2 aromatic rings. The van der Waals surface area contributed by atoms with E-state index in [0.717, 1.165) is 10.9 Å². The maximum absolute atomic E-state index is 10.2. The van der Waals surface area contributed by atoms with Crippen LogP contribution in [0, 0.1) is 0 Å². The highest BCUT2D eigenvalue weighted by Gasteiger charge is 1.95. The van der Waals surface area contributed by atoms with Crippen LogP contribution in [0.2, 0.25) is 0 Å². The van der Waals surface area contributed by atoms with Crippen LogP contribution in [0.1, 0.15) is 5.69 Å². The smallest absolute Gasteiger partial charge is 0.425 e. The van der Waals surface area contributed by atoms with Crippen LogP contribution in [-0.4, -0.2) is 22.4 Å². The van der Waals surface area contributed by atoms with Crippen molar-refractivity contribution < 1.29 is 9.90 Å². The Balaban J connectivity index is 2.26. The third-order valence-corrected chi connectivity index (χ3v) is 1.98. The second kappa shape index (κ2) is 4.39. The summed E-state index contributed by atoms with van der Waals surface area (Å²) >= 11 is 0. The Morgan fingerprint density at radius 2 is 2.12 bits per heavy atom. The normalized spacial score (nSPS) is 10.8. The number of fused-ring (bicyclic) bond motifs is 1. The monoisotopic (exact) mass is 215 g/mol. The first-order valence-electron chi connectivity index (χ1n) is 4.63. The molecule has 0 fully saturated rings. The van der Waals surface area contributed by atoms with Gasteiger partial charge >= 0.3 is 6.09 Å². The lowest BCUT2D eigenvalue weighted by Gasteiger charge is -1.97. The van der Waals surface area contributed by atoms with Gasteiger partial charge in [-0.3, -0.25) is 0 Å². The SMILES string of the molecule is O=C(O)NN=Cc1ccc2ccccc2n1. The molecule has 0 aliphatic carbocycles. The Hall–Kier alpha value is -2.43. The summed E-state index contributed by atoms with van der Waals surface area (Å²) in [6.07, 6.45) is 0.164. The lowest BCUT2D eigenvalue weighted by Crippen LogP contribution is -2.13. The van der Waals surface area contributed by atoms with E-state index in [0.29, 0.717) is 5.69 Å². The molecule has 80 valence electrons. The second-order valence-electron chi connectivity index (χ2n) is 3.10. The number of amides is 1. The van der Waals surface area contributed by atoms with Crippen molar-refractivity contribution in [1.82, 2.24) is 10.4 Å². The van der Waals surface area contributed by atoms with E-state index in [1.807, 2.05) is 35.8 Å². The minimum atomic E-state index is -1.20. The number of nitrogens with zero attached hydrogens (tertiary/aromatic N) is 2. The standard InChI is InChI=1S/C11H9N3O2/c15-11(16)14-12-7-9-6-5-8-3-1-2-4-10(8)13-9/h1-7,14H,(H,15,16). The summed E-state index contributed by atoms with van der Waals surface area (Å²) in [5.41, 5.74) is 3.34. The summed E-state index contributed by atoms with van der Waals surface area (Å²) in [6.45, 7) is 0. The number of para-hydroxylation sites is 1. The molecule has 5 heteroatoms. The van der Waals surface area contributed by atoms with E-state index in [1.54, 1.807) is 6.07 Å². The quantitative estimate of drug-likeness (QED) is 0.592. The molecule has 1 heterocycles. The Kier molecular flexibility index (Phi) is 2.77. The Morgan fingerprint density at radius 1 is 1.31 bits per heavy atom. The van der Waals surface area contributed by atoms with E-state index in [2.05, 4.69) is 10.1 Å². The lowest BCUT2D eigenvalue weighted by atomic mass is 10.2. The van der Waals surface area contributed by atoms with E-state index >= 15 is 0 Å². The highest BCUT2D eigenvalue weighted by atomic mass is 16.4. The summed E-state index contributed by atoms with van der Waals surface area (Å²) in [5.74, 6) is 0. The number of hydrogen-bond acceptors (Lipinski definition) is 3. The first kappa shape index (κ1) is 10.1. The molecule has 0 saturated carbocycles. The van der Waals surface area contributed by atoms with Gasteiger partial charge in [0.2, 0.25) is 0 Å². The van der Waals surface area contributed by atoms with Crippen molar-refractivity contribution in [1.29, 1.82) is 0 Å². The Bertz CT molecular complexity index is 552. The van der Waals surface area contributed by atoms with E-state index < -0.39 is 6.09 Å². The summed E-state index contributed by atoms with van der Waals surface area (Å²) in [7, 11) is 0. The van der Waals surface area contributed by atoms with Crippen molar-refractivity contribution >= 4 is 23.2 Å². The van der Waals surface area contributed by atoms with Gasteiger partial charge in [-0.25, -0.2) is 15.2 Å². The molecule has 0 spiro atoms. The van der Waals surface area contributed by atoms with Gasteiger partial charge in [-0.2, -0.15) is 5.10 Å². The zero-order valence-electron chi connectivity index (χ0n) is 8.29. The van der Waals surface area contributed by atoms with Crippen molar-refractivity contribution in [2.75, 3.05) is 0 Å². The van der Waals surface area contributed by atoms with Crippen LogP contribution >= 0.6 is 0 Å².